The van der Waals surface area contributed by atoms with Crippen LogP contribution in [-0.2, 0) is 6.54 Å². The molecule has 2 rings (SSSR count). The summed E-state index contributed by atoms with van der Waals surface area (Å²) in [6.45, 7) is 10.7. The van der Waals surface area contributed by atoms with E-state index >= 15 is 0 Å². The molecule has 1 saturated heterocycles. The van der Waals surface area contributed by atoms with Crippen molar-refractivity contribution in [2.24, 2.45) is 0 Å². The lowest BCUT2D eigenvalue weighted by molar-refractivity contribution is 0.0764. The molecule has 108 valence electrons. The van der Waals surface area contributed by atoms with E-state index in [0.29, 0.717) is 0 Å². The van der Waals surface area contributed by atoms with Crippen LogP contribution in [0.5, 0.6) is 0 Å². The highest BCUT2D eigenvalue weighted by Crippen LogP contribution is 2.21. The third-order valence-electron chi connectivity index (χ3n) is 4.04. The molecule has 0 unspecified atom stereocenters. The number of aryl methyl sites for hydroxylation is 1. The fraction of sp³-hybridized carbons (Fsp3) is 0.562. The zero-order valence-corrected chi connectivity index (χ0v) is 13.2. The molecule has 0 atom stereocenters. The topological polar surface area (TPSA) is 30.3 Å². The molecule has 1 aliphatic rings. The molecule has 20 heavy (non-hydrogen) atoms. The Balaban J connectivity index is 1.93. The summed E-state index contributed by atoms with van der Waals surface area (Å²) in [7, 11) is 0. The predicted molar refractivity (Wildman–Crippen MR) is 82.7 cm³/mol. The second kappa shape index (κ2) is 6.13. The van der Waals surface area contributed by atoms with Gasteiger partial charge < -0.3 is 0 Å². The van der Waals surface area contributed by atoms with Gasteiger partial charge in [0.25, 0.3) is 0 Å². The summed E-state index contributed by atoms with van der Waals surface area (Å²) in [5, 5.41) is 10.0. The predicted octanol–water partition coefficient (Wildman–Crippen LogP) is 3.07. The molecule has 0 aliphatic carbocycles. The first-order valence-corrected chi connectivity index (χ1v) is 7.44. The van der Waals surface area contributed by atoms with E-state index in [1.54, 1.807) is 0 Å². The molecule has 1 heterocycles. The highest BCUT2D eigenvalue weighted by atomic mass is 35.5. The summed E-state index contributed by atoms with van der Waals surface area (Å²) < 4.78 is 0. The molecule has 1 aromatic rings. The maximum Gasteiger partial charge on any atom is 0.103 e. The van der Waals surface area contributed by atoms with Gasteiger partial charge in [-0.15, -0.1) is 0 Å². The number of halogens is 1. The Morgan fingerprint density at radius 2 is 1.90 bits per heavy atom. The van der Waals surface area contributed by atoms with E-state index in [-0.39, 0.29) is 5.54 Å². The number of rotatable bonds is 3. The van der Waals surface area contributed by atoms with Gasteiger partial charge in [-0.3, -0.25) is 9.80 Å². The summed E-state index contributed by atoms with van der Waals surface area (Å²) in [4.78, 5) is 4.65. The van der Waals surface area contributed by atoms with Crippen molar-refractivity contribution in [1.29, 1.82) is 5.26 Å². The lowest BCUT2D eigenvalue weighted by Gasteiger charge is -2.40. The average Bonchev–Trinajstić information content (AvgIpc) is 2.42. The van der Waals surface area contributed by atoms with Crippen molar-refractivity contribution in [2.75, 3.05) is 26.2 Å². The molecule has 0 amide bonds. The van der Waals surface area contributed by atoms with Crippen molar-refractivity contribution in [3.8, 4) is 6.07 Å². The van der Waals surface area contributed by atoms with Crippen molar-refractivity contribution in [3.05, 3.63) is 34.3 Å². The minimum atomic E-state index is -0.367. The highest BCUT2D eigenvalue weighted by Gasteiger charge is 2.29. The minimum Gasteiger partial charge on any atom is -0.296 e. The molecule has 1 aliphatic heterocycles. The molecule has 0 N–H and O–H groups in total. The number of piperazine rings is 1. The Kier molecular flexibility index (Phi) is 4.70. The molecule has 3 nitrogen and oxygen atoms in total. The van der Waals surface area contributed by atoms with Gasteiger partial charge in [0.05, 0.1) is 6.07 Å². The Labute approximate surface area is 126 Å². The monoisotopic (exact) mass is 291 g/mol. The Morgan fingerprint density at radius 3 is 2.45 bits per heavy atom. The van der Waals surface area contributed by atoms with Crippen LogP contribution in [-0.4, -0.2) is 41.5 Å². The van der Waals surface area contributed by atoms with Gasteiger partial charge in [-0.2, -0.15) is 5.26 Å². The Bertz CT molecular complexity index is 511. The third-order valence-corrected chi connectivity index (χ3v) is 4.39. The summed E-state index contributed by atoms with van der Waals surface area (Å²) in [5.41, 5.74) is 2.01. The van der Waals surface area contributed by atoms with Gasteiger partial charge >= 0.3 is 0 Å². The van der Waals surface area contributed by atoms with Crippen LogP contribution < -0.4 is 0 Å². The average molecular weight is 292 g/mol. The molecule has 0 saturated carbocycles. The fourth-order valence-electron chi connectivity index (χ4n) is 2.56. The summed E-state index contributed by atoms with van der Waals surface area (Å²) in [6.07, 6.45) is 0. The van der Waals surface area contributed by atoms with E-state index in [9.17, 15) is 5.26 Å². The number of hydrogen-bond donors (Lipinski definition) is 0. The second-order valence-electron chi connectivity index (χ2n) is 6.03. The van der Waals surface area contributed by atoms with E-state index < -0.39 is 0 Å². The van der Waals surface area contributed by atoms with Crippen molar-refractivity contribution < 1.29 is 0 Å². The van der Waals surface area contributed by atoms with Gasteiger partial charge in [-0.1, -0.05) is 23.7 Å². The first-order chi connectivity index (χ1) is 9.42. The molecule has 0 aromatic heterocycles. The molecule has 4 heteroatoms. The van der Waals surface area contributed by atoms with Crippen LogP contribution in [0.15, 0.2) is 18.2 Å². The Hall–Kier alpha value is -1.08. The lowest BCUT2D eigenvalue weighted by Crippen LogP contribution is -2.53. The Morgan fingerprint density at radius 1 is 1.25 bits per heavy atom. The van der Waals surface area contributed by atoms with E-state index in [1.807, 2.05) is 19.9 Å². The van der Waals surface area contributed by atoms with Crippen LogP contribution in [0.25, 0.3) is 0 Å². The summed E-state index contributed by atoms with van der Waals surface area (Å²) in [5.74, 6) is 0. The zero-order chi connectivity index (χ0) is 14.8. The van der Waals surface area contributed by atoms with Crippen LogP contribution in [0.4, 0.5) is 0 Å². The minimum absolute atomic E-state index is 0.367. The molecule has 1 aromatic carbocycles. The smallest absolute Gasteiger partial charge is 0.103 e. The first-order valence-electron chi connectivity index (χ1n) is 7.06. The van der Waals surface area contributed by atoms with Gasteiger partial charge in [0, 0.05) is 37.7 Å². The number of hydrogen-bond acceptors (Lipinski definition) is 3. The SMILES string of the molecule is Cc1ccc(CN2CCN(C(C)(C)C#N)CC2)c(Cl)c1. The van der Waals surface area contributed by atoms with E-state index in [0.717, 1.165) is 37.7 Å². The molecular formula is C16H22ClN3. The van der Waals surface area contributed by atoms with Crippen LogP contribution in [0.3, 0.4) is 0 Å². The van der Waals surface area contributed by atoms with E-state index in [1.165, 1.54) is 11.1 Å². The number of nitrogens with zero attached hydrogens (tertiary/aromatic N) is 3. The molecule has 0 radical (unpaired) electrons. The van der Waals surface area contributed by atoms with Crippen LogP contribution >= 0.6 is 11.6 Å². The second-order valence-corrected chi connectivity index (χ2v) is 6.44. The van der Waals surface area contributed by atoms with Crippen molar-refractivity contribution in [2.45, 2.75) is 32.9 Å². The summed E-state index contributed by atoms with van der Waals surface area (Å²) >= 11 is 6.29. The van der Waals surface area contributed by atoms with Crippen LogP contribution in [0.1, 0.15) is 25.0 Å². The maximum atomic E-state index is 9.19. The third kappa shape index (κ3) is 3.52. The lowest BCUT2D eigenvalue weighted by atomic mass is 10.0. The molecule has 0 bridgehead atoms. The first kappa shape index (κ1) is 15.3. The number of nitriles is 1. The van der Waals surface area contributed by atoms with E-state index in [2.05, 4.69) is 34.9 Å². The van der Waals surface area contributed by atoms with Crippen molar-refractivity contribution in [3.63, 3.8) is 0 Å². The zero-order valence-electron chi connectivity index (χ0n) is 12.5. The van der Waals surface area contributed by atoms with E-state index in [4.69, 9.17) is 11.6 Å². The number of benzene rings is 1. The van der Waals surface area contributed by atoms with Crippen LogP contribution in [0.2, 0.25) is 5.02 Å². The maximum absolute atomic E-state index is 9.19. The van der Waals surface area contributed by atoms with Crippen molar-refractivity contribution in [1.82, 2.24) is 9.80 Å². The van der Waals surface area contributed by atoms with Gasteiger partial charge in [-0.05, 0) is 38.0 Å². The molecular weight excluding hydrogens is 270 g/mol. The fourth-order valence-corrected chi connectivity index (χ4v) is 2.85. The van der Waals surface area contributed by atoms with Crippen molar-refractivity contribution >= 4 is 11.6 Å². The van der Waals surface area contributed by atoms with Gasteiger partial charge in [0.1, 0.15) is 5.54 Å². The van der Waals surface area contributed by atoms with Crippen LogP contribution in [0, 0.1) is 18.3 Å². The quantitative estimate of drug-likeness (QED) is 0.857. The van der Waals surface area contributed by atoms with Gasteiger partial charge in [0.15, 0.2) is 0 Å². The normalized spacial score (nSPS) is 17.9. The summed E-state index contributed by atoms with van der Waals surface area (Å²) in [6, 6.07) is 8.62. The largest absolute Gasteiger partial charge is 0.296 e. The highest BCUT2D eigenvalue weighted by molar-refractivity contribution is 6.31. The molecule has 1 fully saturated rings. The van der Waals surface area contributed by atoms with Gasteiger partial charge in [-0.25, -0.2) is 0 Å². The van der Waals surface area contributed by atoms with Gasteiger partial charge in [0.2, 0.25) is 0 Å². The standard InChI is InChI=1S/C16H22ClN3/c1-13-4-5-14(15(17)10-13)11-19-6-8-20(9-7-19)16(2,3)12-18/h4-5,10H,6-9,11H2,1-3H3. The molecule has 0 spiro atoms.